The molecule has 0 aliphatic carbocycles. The number of rotatable bonds is 9. The van der Waals surface area contributed by atoms with Crippen LogP contribution in [0, 0.1) is 0 Å². The van der Waals surface area contributed by atoms with Crippen LogP contribution in [0.1, 0.15) is 26.3 Å². The lowest BCUT2D eigenvalue weighted by Gasteiger charge is -2.30. The summed E-state index contributed by atoms with van der Waals surface area (Å²) < 4.78 is 21.9. The van der Waals surface area contributed by atoms with Crippen molar-refractivity contribution in [1.29, 1.82) is 0 Å². The molecule has 1 rings (SSSR count). The maximum absolute atomic E-state index is 10.2. The van der Waals surface area contributed by atoms with Gasteiger partial charge >= 0.3 is 5.97 Å². The first-order valence-corrected chi connectivity index (χ1v) is 7.15. The second-order valence-corrected chi connectivity index (χ2v) is 4.49. The van der Waals surface area contributed by atoms with Crippen LogP contribution < -0.4 is 9.47 Å². The lowest BCUT2D eigenvalue weighted by Crippen LogP contribution is -2.39. The van der Waals surface area contributed by atoms with Gasteiger partial charge in [0, 0.05) is 6.92 Å². The molecule has 22 heavy (non-hydrogen) atoms. The average Bonchev–Trinajstić information content (AvgIpc) is 2.47. The topological polar surface area (TPSA) is 77.4 Å². The summed E-state index contributed by atoms with van der Waals surface area (Å²) in [6.07, 6.45) is 3.22. The first-order valence-electron chi connectivity index (χ1n) is 7.15. The number of benzene rings is 1. The van der Waals surface area contributed by atoms with Crippen LogP contribution in [0.15, 0.2) is 18.2 Å². The van der Waals surface area contributed by atoms with Gasteiger partial charge < -0.3 is 29.2 Å². The molecule has 6 heteroatoms. The molecule has 0 saturated carbocycles. The SMILES string of the molecule is CCOC(C)(OCC)Oc1c(O)cc(C=CCO)cc1OC. The quantitative estimate of drug-likeness (QED) is 0.682. The molecule has 2 N–H and O–H groups in total. The molecule has 0 atom stereocenters. The van der Waals surface area contributed by atoms with Crippen LogP contribution in [-0.4, -0.2) is 43.1 Å². The molecule has 0 amide bonds. The van der Waals surface area contributed by atoms with Gasteiger partial charge in [0.05, 0.1) is 26.9 Å². The lowest BCUT2D eigenvalue weighted by molar-refractivity contribution is -0.329. The Hall–Kier alpha value is -1.76. The van der Waals surface area contributed by atoms with Gasteiger partial charge in [-0.2, -0.15) is 0 Å². The highest BCUT2D eigenvalue weighted by atomic mass is 16.9. The molecule has 0 bridgehead atoms. The van der Waals surface area contributed by atoms with E-state index in [4.69, 9.17) is 24.1 Å². The van der Waals surface area contributed by atoms with Crippen LogP contribution in [0.3, 0.4) is 0 Å². The summed E-state index contributed by atoms with van der Waals surface area (Å²) in [6, 6.07) is 3.18. The molecular weight excluding hydrogens is 288 g/mol. The summed E-state index contributed by atoms with van der Waals surface area (Å²) in [4.78, 5) is 0. The first kappa shape index (κ1) is 18.3. The standard InChI is InChI=1S/C16H24O6/c1-5-20-16(3,21-6-2)22-15-13(18)10-12(8-7-9-17)11-14(15)19-4/h7-8,10-11,17-18H,5-6,9H2,1-4H3. The summed E-state index contributed by atoms with van der Waals surface area (Å²) in [6.45, 7) is 5.95. The highest BCUT2D eigenvalue weighted by Crippen LogP contribution is 2.40. The van der Waals surface area contributed by atoms with Gasteiger partial charge in [-0.1, -0.05) is 12.2 Å². The molecule has 0 aliphatic heterocycles. The van der Waals surface area contributed by atoms with Gasteiger partial charge in [-0.3, -0.25) is 0 Å². The smallest absolute Gasteiger partial charge is 0.324 e. The molecule has 0 fully saturated rings. The number of methoxy groups -OCH3 is 1. The molecule has 124 valence electrons. The molecule has 0 radical (unpaired) electrons. The molecular formula is C16H24O6. The third-order valence-corrected chi connectivity index (χ3v) is 2.79. The Bertz CT molecular complexity index is 492. The minimum absolute atomic E-state index is 0.0892. The Kier molecular flexibility index (Phi) is 7.17. The predicted octanol–water partition coefficient (Wildman–Crippen LogP) is 2.53. The van der Waals surface area contributed by atoms with Crippen molar-refractivity contribution in [3.05, 3.63) is 23.8 Å². The Labute approximate surface area is 130 Å². The molecule has 0 heterocycles. The van der Waals surface area contributed by atoms with E-state index in [9.17, 15) is 5.11 Å². The van der Waals surface area contributed by atoms with Crippen LogP contribution in [0.4, 0.5) is 0 Å². The number of aliphatic hydroxyl groups excluding tert-OH is 1. The van der Waals surface area contributed by atoms with Crippen LogP contribution >= 0.6 is 0 Å². The summed E-state index contributed by atoms with van der Waals surface area (Å²) in [5.74, 6) is -0.963. The zero-order valence-electron chi connectivity index (χ0n) is 13.5. The lowest BCUT2D eigenvalue weighted by atomic mass is 10.1. The second kappa shape index (κ2) is 8.63. The van der Waals surface area contributed by atoms with E-state index in [0.29, 0.717) is 24.5 Å². The summed E-state index contributed by atoms with van der Waals surface area (Å²) >= 11 is 0. The molecule has 1 aromatic rings. The van der Waals surface area contributed by atoms with Crippen molar-refractivity contribution < 1.29 is 29.2 Å². The van der Waals surface area contributed by atoms with Gasteiger partial charge in [0.2, 0.25) is 5.75 Å². The first-order chi connectivity index (χ1) is 10.5. The third-order valence-electron chi connectivity index (χ3n) is 2.79. The fraction of sp³-hybridized carbons (Fsp3) is 0.500. The second-order valence-electron chi connectivity index (χ2n) is 4.49. The molecule has 1 aromatic carbocycles. The summed E-state index contributed by atoms with van der Waals surface area (Å²) in [5.41, 5.74) is 0.672. The van der Waals surface area contributed by atoms with Crippen LogP contribution in [0.25, 0.3) is 6.08 Å². The third kappa shape index (κ3) is 4.91. The fourth-order valence-corrected chi connectivity index (χ4v) is 1.96. The minimum Gasteiger partial charge on any atom is -0.504 e. The number of hydrogen-bond acceptors (Lipinski definition) is 6. The molecule has 0 spiro atoms. The summed E-state index contributed by atoms with van der Waals surface area (Å²) in [5, 5.41) is 19.0. The van der Waals surface area contributed by atoms with Gasteiger partial charge in [0.15, 0.2) is 11.5 Å². The number of hydrogen-bond donors (Lipinski definition) is 2. The van der Waals surface area contributed by atoms with Crippen LogP contribution in [0.2, 0.25) is 0 Å². The van der Waals surface area contributed by atoms with Crippen molar-refractivity contribution >= 4 is 6.08 Å². The molecule has 0 saturated heterocycles. The molecule has 0 aliphatic rings. The predicted molar refractivity (Wildman–Crippen MR) is 83.1 cm³/mol. The monoisotopic (exact) mass is 312 g/mol. The molecule has 6 nitrogen and oxygen atoms in total. The largest absolute Gasteiger partial charge is 0.504 e. The Balaban J connectivity index is 3.14. The van der Waals surface area contributed by atoms with E-state index < -0.39 is 5.97 Å². The van der Waals surface area contributed by atoms with Crippen LogP contribution in [0.5, 0.6) is 17.2 Å². The highest BCUT2D eigenvalue weighted by Gasteiger charge is 2.30. The van der Waals surface area contributed by atoms with Crippen molar-refractivity contribution in [1.82, 2.24) is 0 Å². The zero-order valence-corrected chi connectivity index (χ0v) is 13.5. The van der Waals surface area contributed by atoms with Crippen molar-refractivity contribution in [2.45, 2.75) is 26.7 Å². The van der Waals surface area contributed by atoms with Gasteiger partial charge in [-0.05, 0) is 31.5 Å². The summed E-state index contributed by atoms with van der Waals surface area (Å²) in [7, 11) is 1.47. The normalized spacial score (nSPS) is 11.9. The van der Waals surface area contributed by atoms with Gasteiger partial charge in [-0.15, -0.1) is 0 Å². The number of phenols is 1. The van der Waals surface area contributed by atoms with E-state index in [0.717, 1.165) is 0 Å². The Morgan fingerprint density at radius 1 is 1.18 bits per heavy atom. The fourth-order valence-electron chi connectivity index (χ4n) is 1.96. The van der Waals surface area contributed by atoms with Crippen LogP contribution in [-0.2, 0) is 9.47 Å². The van der Waals surface area contributed by atoms with Crippen molar-refractivity contribution in [2.75, 3.05) is 26.9 Å². The van der Waals surface area contributed by atoms with E-state index in [-0.39, 0.29) is 18.1 Å². The number of ether oxygens (including phenoxy) is 4. The van der Waals surface area contributed by atoms with Gasteiger partial charge in [-0.25, -0.2) is 0 Å². The van der Waals surface area contributed by atoms with E-state index in [1.165, 1.54) is 13.2 Å². The van der Waals surface area contributed by atoms with E-state index in [2.05, 4.69) is 0 Å². The Morgan fingerprint density at radius 2 is 1.82 bits per heavy atom. The van der Waals surface area contributed by atoms with Crippen molar-refractivity contribution in [3.63, 3.8) is 0 Å². The van der Waals surface area contributed by atoms with Gasteiger partial charge in [0.25, 0.3) is 0 Å². The van der Waals surface area contributed by atoms with E-state index >= 15 is 0 Å². The maximum atomic E-state index is 10.2. The number of aliphatic hydroxyl groups is 1. The van der Waals surface area contributed by atoms with E-state index in [1.54, 1.807) is 25.1 Å². The van der Waals surface area contributed by atoms with Crippen molar-refractivity contribution in [2.24, 2.45) is 0 Å². The highest BCUT2D eigenvalue weighted by molar-refractivity contribution is 5.61. The minimum atomic E-state index is -1.32. The molecule has 0 unspecified atom stereocenters. The van der Waals surface area contributed by atoms with Gasteiger partial charge in [0.1, 0.15) is 0 Å². The zero-order chi connectivity index (χ0) is 16.6. The number of aromatic hydroxyl groups is 1. The maximum Gasteiger partial charge on any atom is 0.324 e. The number of phenolic OH excluding ortho intramolecular Hbond substituents is 1. The molecule has 0 aromatic heterocycles. The van der Waals surface area contributed by atoms with E-state index in [1.807, 2.05) is 13.8 Å². The average molecular weight is 312 g/mol. The Morgan fingerprint density at radius 3 is 2.32 bits per heavy atom. The van der Waals surface area contributed by atoms with Crippen molar-refractivity contribution in [3.8, 4) is 17.2 Å².